The second kappa shape index (κ2) is 2.95. The van der Waals surface area contributed by atoms with Gasteiger partial charge in [0.1, 0.15) is 0 Å². The Hall–Kier alpha value is -0.980. The van der Waals surface area contributed by atoms with Crippen LogP contribution in [0.3, 0.4) is 0 Å². The Morgan fingerprint density at radius 2 is 2.27 bits per heavy atom. The van der Waals surface area contributed by atoms with Crippen molar-refractivity contribution < 1.29 is 4.39 Å². The van der Waals surface area contributed by atoms with Crippen LogP contribution in [0.1, 0.15) is 0 Å². The van der Waals surface area contributed by atoms with Crippen molar-refractivity contribution in [2.75, 3.05) is 0 Å². The van der Waals surface area contributed by atoms with Gasteiger partial charge in [-0.15, -0.1) is 0 Å². The molecule has 7 heteroatoms. The number of hydrogen-bond donors (Lipinski definition) is 1. The van der Waals surface area contributed by atoms with Crippen molar-refractivity contribution in [2.24, 2.45) is 0 Å². The predicted octanol–water partition coefficient (Wildman–Crippen LogP) is -0.379. The minimum Gasteiger partial charge on any atom is -0.270 e. The van der Waals surface area contributed by atoms with Gasteiger partial charge in [0.05, 0.1) is 0 Å². The Bertz CT molecular complexity index is 370. The zero-order valence-electron chi connectivity index (χ0n) is 5.17. The summed E-state index contributed by atoms with van der Waals surface area (Å²) >= 11 is 2.74. The van der Waals surface area contributed by atoms with Gasteiger partial charge in [-0.05, 0) is 15.9 Å². The number of hydrogen-bond acceptors (Lipinski definition) is 3. The van der Waals surface area contributed by atoms with Crippen molar-refractivity contribution in [3.05, 3.63) is 25.4 Å². The Morgan fingerprint density at radius 1 is 1.64 bits per heavy atom. The van der Waals surface area contributed by atoms with E-state index in [9.17, 15) is 14.0 Å². The second-order valence-electron chi connectivity index (χ2n) is 1.67. The van der Waals surface area contributed by atoms with Crippen LogP contribution in [0, 0.1) is 0 Å². The molecule has 0 fully saturated rings. The van der Waals surface area contributed by atoms with Crippen LogP contribution in [0.25, 0.3) is 0 Å². The largest absolute Gasteiger partial charge is 0.347 e. The number of aromatic nitrogens is 3. The van der Waals surface area contributed by atoms with Gasteiger partial charge in [-0.1, -0.05) is 0 Å². The molecule has 5 nitrogen and oxygen atoms in total. The van der Waals surface area contributed by atoms with E-state index in [1.807, 2.05) is 4.98 Å². The lowest BCUT2D eigenvalue weighted by atomic mass is 10.8. The summed E-state index contributed by atoms with van der Waals surface area (Å²) in [6.45, 7) is -1.06. The lowest BCUT2D eigenvalue weighted by molar-refractivity contribution is 0.329. The fourth-order valence-electron chi connectivity index (χ4n) is 0.491. The van der Waals surface area contributed by atoms with E-state index < -0.39 is 18.0 Å². The van der Waals surface area contributed by atoms with Crippen LogP contribution in [0.4, 0.5) is 4.39 Å². The van der Waals surface area contributed by atoms with Gasteiger partial charge in [0, 0.05) is 0 Å². The summed E-state index contributed by atoms with van der Waals surface area (Å²) in [6, 6.07) is 0. The van der Waals surface area contributed by atoms with Gasteiger partial charge in [-0.25, -0.2) is 9.18 Å². The minimum atomic E-state index is -1.06. The van der Waals surface area contributed by atoms with Crippen LogP contribution in [0.2, 0.25) is 0 Å². The number of rotatable bonds is 1. The van der Waals surface area contributed by atoms with Crippen LogP contribution in [0.15, 0.2) is 14.2 Å². The molecule has 0 spiro atoms. The molecule has 0 saturated carbocycles. The maximum atomic E-state index is 11.9. The monoisotopic (exact) mass is 223 g/mol. The molecule has 1 heterocycles. The highest BCUT2D eigenvalue weighted by Crippen LogP contribution is 1.91. The average Bonchev–Trinajstić information content (AvgIpc) is 1.97. The first-order chi connectivity index (χ1) is 5.15. The number of alkyl halides is 1. The first-order valence-corrected chi connectivity index (χ1v) is 3.37. The molecule has 0 aliphatic heterocycles. The molecule has 0 amide bonds. The molecule has 1 N–H and O–H groups in total. The van der Waals surface area contributed by atoms with Gasteiger partial charge in [-0.3, -0.25) is 9.78 Å². The smallest absolute Gasteiger partial charge is 0.270 e. The van der Waals surface area contributed by atoms with E-state index in [1.165, 1.54) is 0 Å². The van der Waals surface area contributed by atoms with Gasteiger partial charge in [0.15, 0.2) is 11.4 Å². The molecule has 1 aromatic rings. The van der Waals surface area contributed by atoms with Crippen LogP contribution in [-0.4, -0.2) is 14.8 Å². The summed E-state index contributed by atoms with van der Waals surface area (Å²) in [7, 11) is 0. The molecule has 0 aromatic carbocycles. The van der Waals surface area contributed by atoms with Crippen LogP contribution in [0.5, 0.6) is 0 Å². The van der Waals surface area contributed by atoms with Crippen LogP contribution in [-0.2, 0) is 6.80 Å². The predicted molar refractivity (Wildman–Crippen MR) is 37.9 cm³/mol. The Labute approximate surface area is 68.0 Å². The molecule has 0 unspecified atom stereocenters. The lowest BCUT2D eigenvalue weighted by Crippen LogP contribution is -2.32. The minimum absolute atomic E-state index is 0.116. The zero-order valence-corrected chi connectivity index (χ0v) is 6.76. The van der Waals surface area contributed by atoms with E-state index in [0.29, 0.717) is 4.68 Å². The highest BCUT2D eigenvalue weighted by molar-refractivity contribution is 9.10. The summed E-state index contributed by atoms with van der Waals surface area (Å²) in [6.07, 6.45) is 0. The van der Waals surface area contributed by atoms with Crippen molar-refractivity contribution >= 4 is 15.9 Å². The van der Waals surface area contributed by atoms with E-state index in [1.54, 1.807) is 0 Å². The number of nitrogens with one attached hydrogen (secondary N) is 1. The molecule has 1 aromatic heterocycles. The third kappa shape index (κ3) is 1.53. The molecule has 60 valence electrons. The van der Waals surface area contributed by atoms with Crippen molar-refractivity contribution in [1.29, 1.82) is 0 Å². The molecular formula is C4H3BrFN3O2. The molecule has 1 rings (SSSR count). The number of H-pyrrole nitrogens is 1. The van der Waals surface area contributed by atoms with Gasteiger partial charge < -0.3 is 0 Å². The van der Waals surface area contributed by atoms with Crippen molar-refractivity contribution in [3.8, 4) is 0 Å². The van der Waals surface area contributed by atoms with Gasteiger partial charge in [0.25, 0.3) is 5.56 Å². The molecule has 0 aliphatic carbocycles. The fourth-order valence-corrected chi connectivity index (χ4v) is 0.782. The quantitative estimate of drug-likeness (QED) is 0.706. The third-order valence-electron chi connectivity index (χ3n) is 0.964. The van der Waals surface area contributed by atoms with E-state index in [4.69, 9.17) is 0 Å². The molecule has 0 bridgehead atoms. The van der Waals surface area contributed by atoms with E-state index in [2.05, 4.69) is 21.0 Å². The lowest BCUT2D eigenvalue weighted by Gasteiger charge is -1.94. The summed E-state index contributed by atoms with van der Waals surface area (Å²) in [5.74, 6) is 0. The number of halogens is 2. The molecule has 0 atom stereocenters. The summed E-state index contributed by atoms with van der Waals surface area (Å²) in [4.78, 5) is 23.1. The van der Waals surface area contributed by atoms with Crippen molar-refractivity contribution in [1.82, 2.24) is 14.8 Å². The summed E-state index contributed by atoms with van der Waals surface area (Å²) in [5, 5.41) is 3.29. The SMILES string of the molecule is O=c1[nH]c(=O)n(CF)nc1Br. The maximum Gasteiger partial charge on any atom is 0.347 e. The number of aromatic amines is 1. The second-order valence-corrected chi connectivity index (χ2v) is 2.42. The standard InChI is InChI=1S/C4H3BrFN3O2/c5-2-3(10)7-4(11)9(1-6)8-2/h1H2,(H,7,10,11). The molecular weight excluding hydrogens is 221 g/mol. The highest BCUT2D eigenvalue weighted by Gasteiger charge is 2.01. The normalized spacial score (nSPS) is 10.0. The molecule has 0 radical (unpaired) electrons. The summed E-state index contributed by atoms with van der Waals surface area (Å²) < 4.78 is 12.2. The Kier molecular flexibility index (Phi) is 2.18. The average molecular weight is 224 g/mol. The van der Waals surface area contributed by atoms with Crippen molar-refractivity contribution in [2.45, 2.75) is 6.80 Å². The van der Waals surface area contributed by atoms with E-state index in [-0.39, 0.29) is 4.60 Å². The Balaban J connectivity index is 3.45. The van der Waals surface area contributed by atoms with Gasteiger partial charge in [0.2, 0.25) is 0 Å². The number of nitrogens with zero attached hydrogens (tertiary/aromatic N) is 2. The fraction of sp³-hybridized carbons (Fsp3) is 0.250. The summed E-state index contributed by atoms with van der Waals surface area (Å²) in [5.41, 5.74) is -1.53. The van der Waals surface area contributed by atoms with Crippen molar-refractivity contribution in [3.63, 3.8) is 0 Å². The van der Waals surface area contributed by atoms with E-state index in [0.717, 1.165) is 0 Å². The first-order valence-electron chi connectivity index (χ1n) is 2.58. The maximum absolute atomic E-state index is 11.9. The molecule has 0 saturated heterocycles. The first kappa shape index (κ1) is 8.12. The van der Waals surface area contributed by atoms with E-state index >= 15 is 0 Å². The van der Waals surface area contributed by atoms with Crippen LogP contribution >= 0.6 is 15.9 Å². The van der Waals surface area contributed by atoms with Crippen LogP contribution < -0.4 is 11.2 Å². The topological polar surface area (TPSA) is 67.8 Å². The third-order valence-corrected chi connectivity index (χ3v) is 1.48. The molecule has 11 heavy (non-hydrogen) atoms. The molecule has 0 aliphatic rings. The zero-order chi connectivity index (χ0) is 8.43. The Morgan fingerprint density at radius 3 is 2.82 bits per heavy atom. The van der Waals surface area contributed by atoms with Gasteiger partial charge in [-0.2, -0.15) is 9.78 Å². The van der Waals surface area contributed by atoms with Gasteiger partial charge >= 0.3 is 5.69 Å². The highest BCUT2D eigenvalue weighted by atomic mass is 79.9.